The molecule has 0 spiro atoms. The molecule has 0 fully saturated rings. The van der Waals surface area contributed by atoms with Gasteiger partial charge in [0, 0.05) is 11.4 Å². The summed E-state index contributed by atoms with van der Waals surface area (Å²) in [6.45, 7) is 2.67. The Bertz CT molecular complexity index is 1300. The van der Waals surface area contributed by atoms with Crippen LogP contribution in [0.25, 0.3) is 10.4 Å². The number of fused-ring (bicyclic) bond motifs is 1. The molecular weight excluding hydrogens is 424 g/mol. The van der Waals surface area contributed by atoms with E-state index >= 15 is 0 Å². The van der Waals surface area contributed by atoms with Crippen LogP contribution in [0, 0.1) is 18.6 Å². The van der Waals surface area contributed by atoms with Crippen molar-refractivity contribution in [3.05, 3.63) is 118 Å². The molecule has 3 aromatic carbocycles. The fourth-order valence-electron chi connectivity index (χ4n) is 4.29. The van der Waals surface area contributed by atoms with Crippen molar-refractivity contribution in [1.82, 2.24) is 4.90 Å². The Balaban J connectivity index is 1.51. The number of hydrogen-bond donors (Lipinski definition) is 0. The second-order valence-corrected chi connectivity index (χ2v) is 9.14. The number of carbonyl (C=O) groups is 1. The number of rotatable bonds is 3. The number of amides is 1. The summed E-state index contributed by atoms with van der Waals surface area (Å²) >= 11 is 1.30. The van der Waals surface area contributed by atoms with Crippen molar-refractivity contribution >= 4 is 17.2 Å². The molecule has 32 heavy (non-hydrogen) atoms. The highest BCUT2D eigenvalue weighted by Crippen LogP contribution is 2.38. The van der Waals surface area contributed by atoms with E-state index in [-0.39, 0.29) is 11.9 Å². The molecule has 4 aromatic rings. The Hall–Kier alpha value is -3.31. The monoisotopic (exact) mass is 445 g/mol. The lowest BCUT2D eigenvalue weighted by Crippen LogP contribution is -2.40. The zero-order chi connectivity index (χ0) is 22.2. The first kappa shape index (κ1) is 20.6. The van der Waals surface area contributed by atoms with Crippen molar-refractivity contribution in [1.29, 1.82) is 0 Å². The zero-order valence-electron chi connectivity index (χ0n) is 17.5. The summed E-state index contributed by atoms with van der Waals surface area (Å²) in [4.78, 5) is 16.9. The highest BCUT2D eigenvalue weighted by Gasteiger charge is 2.33. The van der Waals surface area contributed by atoms with Crippen molar-refractivity contribution in [2.45, 2.75) is 19.4 Å². The largest absolute Gasteiger partial charge is 0.326 e. The minimum atomic E-state index is -0.893. The van der Waals surface area contributed by atoms with Gasteiger partial charge in [-0.25, -0.2) is 8.78 Å². The maximum absolute atomic E-state index is 13.7. The predicted molar refractivity (Wildman–Crippen MR) is 124 cm³/mol. The van der Waals surface area contributed by atoms with Gasteiger partial charge >= 0.3 is 0 Å². The summed E-state index contributed by atoms with van der Waals surface area (Å²) in [7, 11) is 0. The number of nitrogens with zero attached hydrogens (tertiary/aromatic N) is 1. The number of carbonyl (C=O) groups excluding carboxylic acids is 1. The van der Waals surface area contributed by atoms with Crippen LogP contribution >= 0.6 is 11.3 Å². The summed E-state index contributed by atoms with van der Waals surface area (Å²) < 4.78 is 27.0. The van der Waals surface area contributed by atoms with Crippen LogP contribution in [0.1, 0.15) is 38.0 Å². The molecule has 0 radical (unpaired) electrons. The molecule has 0 bridgehead atoms. The van der Waals surface area contributed by atoms with Gasteiger partial charge in [-0.15, -0.1) is 11.3 Å². The SMILES string of the molecule is Cc1ccc([C@H]2c3ccccc3CCN2C(=O)c2ccc(-c3ccc(F)c(F)c3)s2)cc1. The van der Waals surface area contributed by atoms with Crippen LogP contribution in [0.5, 0.6) is 0 Å². The fraction of sp³-hybridized carbons (Fsp3) is 0.148. The summed E-state index contributed by atoms with van der Waals surface area (Å²) in [5.74, 6) is -1.82. The molecule has 0 unspecified atom stereocenters. The van der Waals surface area contributed by atoms with E-state index < -0.39 is 11.6 Å². The number of benzene rings is 3. The molecule has 2 heterocycles. The third kappa shape index (κ3) is 3.73. The number of halogens is 2. The molecule has 160 valence electrons. The van der Waals surface area contributed by atoms with Crippen LogP contribution in [-0.2, 0) is 6.42 Å². The fourth-order valence-corrected chi connectivity index (χ4v) is 5.25. The summed E-state index contributed by atoms with van der Waals surface area (Å²) in [5, 5.41) is 0. The first-order valence-corrected chi connectivity index (χ1v) is 11.3. The maximum atomic E-state index is 13.7. The van der Waals surface area contributed by atoms with E-state index in [1.165, 1.54) is 34.6 Å². The Morgan fingerprint density at radius 2 is 1.72 bits per heavy atom. The van der Waals surface area contributed by atoms with E-state index in [9.17, 15) is 13.6 Å². The lowest BCUT2D eigenvalue weighted by molar-refractivity contribution is 0.0699. The third-order valence-corrected chi connectivity index (χ3v) is 7.08. The first-order valence-electron chi connectivity index (χ1n) is 10.5. The molecule has 1 amide bonds. The van der Waals surface area contributed by atoms with E-state index in [0.29, 0.717) is 17.0 Å². The van der Waals surface area contributed by atoms with Gasteiger partial charge in [-0.05, 0) is 59.9 Å². The molecule has 0 N–H and O–H groups in total. The molecule has 1 aromatic heterocycles. The number of hydrogen-bond acceptors (Lipinski definition) is 2. The van der Waals surface area contributed by atoms with Gasteiger partial charge in [0.15, 0.2) is 11.6 Å². The van der Waals surface area contributed by atoms with Crippen molar-refractivity contribution in [3.8, 4) is 10.4 Å². The van der Waals surface area contributed by atoms with E-state index in [1.807, 2.05) is 24.0 Å². The van der Waals surface area contributed by atoms with Gasteiger partial charge in [-0.1, -0.05) is 60.2 Å². The smallest absolute Gasteiger partial charge is 0.264 e. The topological polar surface area (TPSA) is 20.3 Å². The van der Waals surface area contributed by atoms with Crippen LogP contribution < -0.4 is 0 Å². The van der Waals surface area contributed by atoms with E-state index in [0.717, 1.165) is 28.5 Å². The van der Waals surface area contributed by atoms with Crippen molar-refractivity contribution in [2.24, 2.45) is 0 Å². The average molecular weight is 446 g/mol. The second kappa shape index (κ2) is 8.32. The Labute approximate surface area is 189 Å². The van der Waals surface area contributed by atoms with Gasteiger partial charge in [0.05, 0.1) is 10.9 Å². The highest BCUT2D eigenvalue weighted by molar-refractivity contribution is 7.17. The Morgan fingerprint density at radius 3 is 2.50 bits per heavy atom. The molecule has 2 nitrogen and oxygen atoms in total. The number of thiophene rings is 1. The highest BCUT2D eigenvalue weighted by atomic mass is 32.1. The molecule has 1 atom stereocenters. The Morgan fingerprint density at radius 1 is 0.938 bits per heavy atom. The van der Waals surface area contributed by atoms with Crippen LogP contribution in [0.15, 0.2) is 78.9 Å². The van der Waals surface area contributed by atoms with E-state index in [1.54, 1.807) is 12.1 Å². The molecular formula is C27H21F2NOS. The van der Waals surface area contributed by atoms with Gasteiger partial charge in [0.1, 0.15) is 0 Å². The second-order valence-electron chi connectivity index (χ2n) is 8.05. The van der Waals surface area contributed by atoms with Crippen LogP contribution in [0.2, 0.25) is 0 Å². The standard InChI is InChI=1S/C27H21F2NOS/c1-17-6-8-19(9-7-17)26-21-5-3-2-4-18(21)14-15-30(26)27(31)25-13-12-24(32-25)20-10-11-22(28)23(29)16-20/h2-13,16,26H,14-15H2,1H3/t26-/m0/s1. The molecule has 0 saturated carbocycles. The summed E-state index contributed by atoms with van der Waals surface area (Å²) in [6.07, 6.45) is 0.797. The first-order chi connectivity index (χ1) is 15.5. The lowest BCUT2D eigenvalue weighted by atomic mass is 9.88. The number of aryl methyl sites for hydroxylation is 1. The van der Waals surface area contributed by atoms with Crippen molar-refractivity contribution in [3.63, 3.8) is 0 Å². The summed E-state index contributed by atoms with van der Waals surface area (Å²) in [5.41, 5.74) is 5.22. The van der Waals surface area contributed by atoms with Gasteiger partial charge in [0.2, 0.25) is 0 Å². The van der Waals surface area contributed by atoms with Gasteiger partial charge in [-0.2, -0.15) is 0 Å². The average Bonchev–Trinajstić information content (AvgIpc) is 3.31. The molecule has 0 saturated heterocycles. The van der Waals surface area contributed by atoms with Crippen molar-refractivity contribution in [2.75, 3.05) is 6.54 Å². The predicted octanol–water partition coefficient (Wildman–Crippen LogP) is 6.79. The normalized spacial score (nSPS) is 15.5. The molecule has 1 aliphatic heterocycles. The molecule has 5 heteroatoms. The van der Waals surface area contributed by atoms with E-state index in [2.05, 4.69) is 36.4 Å². The van der Waals surface area contributed by atoms with Gasteiger partial charge in [-0.3, -0.25) is 4.79 Å². The Kier molecular flexibility index (Phi) is 5.35. The van der Waals surface area contributed by atoms with Gasteiger partial charge < -0.3 is 4.90 Å². The van der Waals surface area contributed by atoms with Crippen molar-refractivity contribution < 1.29 is 13.6 Å². The molecule has 0 aliphatic carbocycles. The minimum absolute atomic E-state index is 0.0519. The quantitative estimate of drug-likeness (QED) is 0.340. The third-order valence-electron chi connectivity index (χ3n) is 5.96. The van der Waals surface area contributed by atoms with Gasteiger partial charge in [0.25, 0.3) is 5.91 Å². The van der Waals surface area contributed by atoms with Crippen LogP contribution in [0.3, 0.4) is 0 Å². The summed E-state index contributed by atoms with van der Waals surface area (Å²) in [6, 6.07) is 23.8. The lowest BCUT2D eigenvalue weighted by Gasteiger charge is -2.37. The zero-order valence-corrected chi connectivity index (χ0v) is 18.3. The molecule has 5 rings (SSSR count). The van der Waals surface area contributed by atoms with Crippen LogP contribution in [0.4, 0.5) is 8.78 Å². The van der Waals surface area contributed by atoms with Crippen LogP contribution in [-0.4, -0.2) is 17.4 Å². The maximum Gasteiger partial charge on any atom is 0.264 e. The van der Waals surface area contributed by atoms with E-state index in [4.69, 9.17) is 0 Å². The minimum Gasteiger partial charge on any atom is -0.326 e. The molecule has 1 aliphatic rings.